The fraction of sp³-hybridized carbons (Fsp3) is 0.435. The highest BCUT2D eigenvalue weighted by Crippen LogP contribution is 2.30. The van der Waals surface area contributed by atoms with Gasteiger partial charge in [-0.3, -0.25) is 14.5 Å². The Bertz CT molecular complexity index is 891. The van der Waals surface area contributed by atoms with Crippen LogP contribution in [0.2, 0.25) is 0 Å². The number of amides is 2. The molecule has 0 radical (unpaired) electrons. The number of aromatic nitrogens is 1. The number of nitrogens with zero attached hydrogens (tertiary/aromatic N) is 3. The summed E-state index contributed by atoms with van der Waals surface area (Å²) in [5.74, 6) is 0.549. The van der Waals surface area contributed by atoms with Gasteiger partial charge in [-0.1, -0.05) is 31.4 Å². The summed E-state index contributed by atoms with van der Waals surface area (Å²) in [6.07, 6.45) is 7.55. The first-order valence-electron chi connectivity index (χ1n) is 10.7. The van der Waals surface area contributed by atoms with Crippen LogP contribution < -0.4 is 15.5 Å². The molecule has 0 saturated carbocycles. The molecular weight excluding hydrogens is 378 g/mol. The molecule has 2 N–H and O–H groups in total. The van der Waals surface area contributed by atoms with Crippen molar-refractivity contribution in [3.8, 4) is 0 Å². The van der Waals surface area contributed by atoms with Crippen LogP contribution in [0.5, 0.6) is 0 Å². The fourth-order valence-electron chi connectivity index (χ4n) is 4.21. The molecule has 0 spiro atoms. The van der Waals surface area contributed by atoms with E-state index in [0.717, 1.165) is 24.3 Å². The van der Waals surface area contributed by atoms with Gasteiger partial charge in [0.2, 0.25) is 5.91 Å². The molecule has 0 unspecified atom stereocenters. The van der Waals surface area contributed by atoms with Crippen LogP contribution >= 0.6 is 0 Å². The van der Waals surface area contributed by atoms with Crippen LogP contribution in [-0.2, 0) is 4.79 Å². The Hall–Kier alpha value is -2.93. The van der Waals surface area contributed by atoms with Crippen molar-refractivity contribution in [3.05, 3.63) is 53.7 Å². The van der Waals surface area contributed by atoms with Crippen molar-refractivity contribution in [2.75, 3.05) is 36.9 Å². The van der Waals surface area contributed by atoms with E-state index in [1.165, 1.54) is 32.1 Å². The SMILES string of the molecule is CN1c2ncccc2C(=O)N[C@H]1c1ccc(NC(=O)CN2CCCCCCC2)cc1. The third-order valence-electron chi connectivity index (χ3n) is 5.85. The summed E-state index contributed by atoms with van der Waals surface area (Å²) >= 11 is 0. The van der Waals surface area contributed by atoms with Gasteiger partial charge in [0.1, 0.15) is 12.0 Å². The molecule has 1 aromatic heterocycles. The van der Waals surface area contributed by atoms with E-state index < -0.39 is 0 Å². The highest BCUT2D eigenvalue weighted by Gasteiger charge is 2.30. The Labute approximate surface area is 177 Å². The van der Waals surface area contributed by atoms with Crippen LogP contribution in [-0.4, -0.2) is 48.4 Å². The van der Waals surface area contributed by atoms with Crippen LogP contribution in [0, 0.1) is 0 Å². The molecule has 0 bridgehead atoms. The van der Waals surface area contributed by atoms with Crippen molar-refractivity contribution < 1.29 is 9.59 Å². The second-order valence-corrected chi connectivity index (χ2v) is 8.08. The number of carbonyl (C=O) groups is 2. The number of hydrogen-bond donors (Lipinski definition) is 2. The Kier molecular flexibility index (Phi) is 6.28. The van der Waals surface area contributed by atoms with E-state index in [4.69, 9.17) is 0 Å². The van der Waals surface area contributed by atoms with Gasteiger partial charge in [-0.05, 0) is 55.8 Å². The van der Waals surface area contributed by atoms with Crippen molar-refractivity contribution in [2.24, 2.45) is 0 Å². The van der Waals surface area contributed by atoms with Crippen LogP contribution in [0.3, 0.4) is 0 Å². The number of hydrogen-bond acceptors (Lipinski definition) is 5. The molecule has 2 amide bonds. The van der Waals surface area contributed by atoms with Gasteiger partial charge >= 0.3 is 0 Å². The molecule has 2 aliphatic rings. The van der Waals surface area contributed by atoms with Gasteiger partial charge in [-0.25, -0.2) is 4.98 Å². The number of likely N-dealkylation sites (tertiary alicyclic amines) is 1. The number of rotatable bonds is 4. The number of pyridine rings is 1. The third-order valence-corrected chi connectivity index (χ3v) is 5.85. The lowest BCUT2D eigenvalue weighted by Crippen LogP contribution is -2.45. The lowest BCUT2D eigenvalue weighted by atomic mass is 10.1. The lowest BCUT2D eigenvalue weighted by molar-refractivity contribution is -0.117. The molecule has 7 nitrogen and oxygen atoms in total. The average molecular weight is 408 g/mol. The maximum atomic E-state index is 12.5. The number of fused-ring (bicyclic) bond motifs is 1. The highest BCUT2D eigenvalue weighted by atomic mass is 16.2. The first-order valence-corrected chi connectivity index (χ1v) is 10.7. The Balaban J connectivity index is 1.38. The third kappa shape index (κ3) is 4.62. The maximum Gasteiger partial charge on any atom is 0.256 e. The van der Waals surface area contributed by atoms with Crippen LogP contribution in [0.15, 0.2) is 42.6 Å². The van der Waals surface area contributed by atoms with Gasteiger partial charge in [0.05, 0.1) is 12.1 Å². The Morgan fingerprint density at radius 1 is 1.10 bits per heavy atom. The molecule has 30 heavy (non-hydrogen) atoms. The minimum absolute atomic E-state index is 0.0181. The van der Waals surface area contributed by atoms with Crippen molar-refractivity contribution in [1.82, 2.24) is 15.2 Å². The van der Waals surface area contributed by atoms with Crippen molar-refractivity contribution in [3.63, 3.8) is 0 Å². The van der Waals surface area contributed by atoms with E-state index in [1.807, 2.05) is 36.2 Å². The first kappa shape index (κ1) is 20.3. The van der Waals surface area contributed by atoms with Crippen molar-refractivity contribution in [2.45, 2.75) is 38.3 Å². The molecule has 1 saturated heterocycles. The normalized spacial score (nSPS) is 20.0. The van der Waals surface area contributed by atoms with Crippen LogP contribution in [0.1, 0.15) is 54.2 Å². The largest absolute Gasteiger partial charge is 0.335 e. The molecule has 4 rings (SSSR count). The maximum absolute atomic E-state index is 12.5. The summed E-state index contributed by atoms with van der Waals surface area (Å²) in [4.78, 5) is 33.4. The van der Waals surface area contributed by atoms with E-state index in [0.29, 0.717) is 17.9 Å². The minimum Gasteiger partial charge on any atom is -0.335 e. The molecule has 1 fully saturated rings. The summed E-state index contributed by atoms with van der Waals surface area (Å²) in [7, 11) is 1.91. The molecule has 7 heteroatoms. The van der Waals surface area contributed by atoms with E-state index >= 15 is 0 Å². The zero-order chi connectivity index (χ0) is 20.9. The summed E-state index contributed by atoms with van der Waals surface area (Å²) in [5, 5.41) is 6.01. The molecule has 0 aliphatic carbocycles. The number of anilines is 2. The minimum atomic E-state index is -0.300. The summed E-state index contributed by atoms with van der Waals surface area (Å²) in [6.45, 7) is 2.43. The van der Waals surface area contributed by atoms with Gasteiger partial charge < -0.3 is 15.5 Å². The number of benzene rings is 1. The van der Waals surface area contributed by atoms with Gasteiger partial charge in [0.25, 0.3) is 5.91 Å². The zero-order valence-electron chi connectivity index (χ0n) is 17.4. The van der Waals surface area contributed by atoms with Gasteiger partial charge in [-0.15, -0.1) is 0 Å². The van der Waals surface area contributed by atoms with Gasteiger partial charge in [-0.2, -0.15) is 0 Å². The molecule has 1 atom stereocenters. The standard InChI is InChI=1S/C23H29N5O2/c1-27-21(26-23(30)19-8-7-13-24-22(19)27)17-9-11-18(12-10-17)25-20(29)16-28-14-5-3-2-4-6-15-28/h7-13,21H,2-6,14-16H2,1H3,(H,25,29)(H,26,30)/t21-/m1/s1. The quantitative estimate of drug-likeness (QED) is 0.814. The molecule has 158 valence electrons. The van der Waals surface area contributed by atoms with E-state index in [2.05, 4.69) is 20.5 Å². The Morgan fingerprint density at radius 2 is 1.80 bits per heavy atom. The van der Waals surface area contributed by atoms with E-state index in [9.17, 15) is 9.59 Å². The van der Waals surface area contributed by atoms with Crippen molar-refractivity contribution >= 4 is 23.3 Å². The van der Waals surface area contributed by atoms with Crippen LogP contribution in [0.4, 0.5) is 11.5 Å². The van der Waals surface area contributed by atoms with E-state index in [1.54, 1.807) is 18.3 Å². The monoisotopic (exact) mass is 407 g/mol. The number of carbonyl (C=O) groups excluding carboxylic acids is 2. The summed E-state index contributed by atoms with van der Waals surface area (Å²) < 4.78 is 0. The fourth-order valence-corrected chi connectivity index (χ4v) is 4.21. The molecule has 1 aromatic carbocycles. The van der Waals surface area contributed by atoms with Gasteiger partial charge in [0, 0.05) is 18.9 Å². The predicted octanol–water partition coefficient (Wildman–Crippen LogP) is 3.16. The van der Waals surface area contributed by atoms with E-state index in [-0.39, 0.29) is 18.0 Å². The zero-order valence-corrected chi connectivity index (χ0v) is 17.4. The van der Waals surface area contributed by atoms with Crippen LogP contribution in [0.25, 0.3) is 0 Å². The summed E-state index contributed by atoms with van der Waals surface area (Å²) in [6, 6.07) is 11.2. The Morgan fingerprint density at radius 3 is 2.53 bits per heavy atom. The van der Waals surface area contributed by atoms with Gasteiger partial charge in [0.15, 0.2) is 0 Å². The highest BCUT2D eigenvalue weighted by molar-refractivity contribution is 6.01. The smallest absolute Gasteiger partial charge is 0.256 e. The lowest BCUT2D eigenvalue weighted by Gasteiger charge is -2.35. The first-order chi connectivity index (χ1) is 14.6. The topological polar surface area (TPSA) is 77.6 Å². The predicted molar refractivity (Wildman–Crippen MR) is 117 cm³/mol. The second-order valence-electron chi connectivity index (χ2n) is 8.08. The van der Waals surface area contributed by atoms with Crippen molar-refractivity contribution in [1.29, 1.82) is 0 Å². The molecule has 2 aromatic rings. The summed E-state index contributed by atoms with van der Waals surface area (Å²) in [5.41, 5.74) is 2.27. The average Bonchev–Trinajstić information content (AvgIpc) is 2.73. The molecular formula is C23H29N5O2. The second kappa shape index (κ2) is 9.26. The number of nitrogens with one attached hydrogen (secondary N) is 2. The molecule has 2 aliphatic heterocycles. The molecule has 3 heterocycles.